The van der Waals surface area contributed by atoms with Crippen LogP contribution in [-0.4, -0.2) is 22.7 Å². The predicted molar refractivity (Wildman–Crippen MR) is 48.2 cm³/mol. The topological polar surface area (TPSA) is 77.0 Å². The number of rotatable bonds is 4. The Hall–Kier alpha value is -1.10. The second-order valence-electron chi connectivity index (χ2n) is 3.47. The molecule has 1 unspecified atom stereocenters. The average molecular weight is 182 g/mol. The van der Waals surface area contributed by atoms with Gasteiger partial charge in [0.1, 0.15) is 0 Å². The van der Waals surface area contributed by atoms with Gasteiger partial charge in [-0.3, -0.25) is 0 Å². The number of anilines is 1. The van der Waals surface area contributed by atoms with Gasteiger partial charge in [-0.2, -0.15) is 4.98 Å². The van der Waals surface area contributed by atoms with Crippen molar-refractivity contribution in [1.82, 2.24) is 10.1 Å². The summed E-state index contributed by atoms with van der Waals surface area (Å²) in [5.41, 5.74) is 5.62. The van der Waals surface area contributed by atoms with Crippen molar-refractivity contribution >= 4 is 6.01 Å². The molecule has 1 saturated carbocycles. The van der Waals surface area contributed by atoms with E-state index in [-0.39, 0.29) is 0 Å². The first kappa shape index (κ1) is 8.50. The summed E-state index contributed by atoms with van der Waals surface area (Å²) in [7, 11) is 0. The number of nitrogens with two attached hydrogens (primary N) is 1. The van der Waals surface area contributed by atoms with E-state index in [4.69, 9.17) is 10.3 Å². The Kier molecular flexibility index (Phi) is 2.18. The molecule has 1 fully saturated rings. The van der Waals surface area contributed by atoms with Crippen LogP contribution in [0.25, 0.3) is 0 Å². The molecule has 0 aromatic carbocycles. The van der Waals surface area contributed by atoms with Gasteiger partial charge in [0, 0.05) is 12.6 Å². The predicted octanol–water partition coefficient (Wildman–Crippen LogP) is 0.527. The molecule has 1 aliphatic rings. The summed E-state index contributed by atoms with van der Waals surface area (Å²) in [5.74, 6) is 1.34. The van der Waals surface area contributed by atoms with Crippen molar-refractivity contribution in [2.75, 3.05) is 11.9 Å². The van der Waals surface area contributed by atoms with Crippen LogP contribution in [0.4, 0.5) is 6.01 Å². The van der Waals surface area contributed by atoms with E-state index in [9.17, 15) is 0 Å². The fourth-order valence-electron chi connectivity index (χ4n) is 1.38. The molecule has 72 valence electrons. The van der Waals surface area contributed by atoms with Crippen LogP contribution < -0.4 is 11.1 Å². The van der Waals surface area contributed by atoms with E-state index in [0.717, 1.165) is 0 Å². The lowest BCUT2D eigenvalue weighted by molar-refractivity contribution is 0.418. The van der Waals surface area contributed by atoms with Gasteiger partial charge in [-0.05, 0) is 25.7 Å². The Morgan fingerprint density at radius 1 is 1.69 bits per heavy atom. The number of nitrogens with one attached hydrogen (secondary N) is 1. The van der Waals surface area contributed by atoms with Gasteiger partial charge in [0.15, 0.2) is 5.82 Å². The Morgan fingerprint density at radius 3 is 2.92 bits per heavy atom. The monoisotopic (exact) mass is 182 g/mol. The molecule has 1 aromatic rings. The summed E-state index contributed by atoms with van der Waals surface area (Å²) in [5, 5.41) is 6.84. The first-order valence-electron chi connectivity index (χ1n) is 4.56. The minimum Gasteiger partial charge on any atom is -0.333 e. The highest BCUT2D eigenvalue weighted by Crippen LogP contribution is 2.33. The molecule has 1 atom stereocenters. The van der Waals surface area contributed by atoms with Gasteiger partial charge in [0.05, 0.1) is 0 Å². The zero-order valence-corrected chi connectivity index (χ0v) is 7.66. The lowest BCUT2D eigenvalue weighted by atomic mass is 10.2. The summed E-state index contributed by atoms with van der Waals surface area (Å²) in [6, 6.07) is 0.778. The zero-order chi connectivity index (χ0) is 9.26. The third-order valence-electron chi connectivity index (χ3n) is 2.28. The molecule has 1 heterocycles. The molecule has 0 radical (unpaired) electrons. The molecule has 0 spiro atoms. The van der Waals surface area contributed by atoms with Crippen LogP contribution >= 0.6 is 0 Å². The number of aromatic nitrogens is 2. The third-order valence-corrected chi connectivity index (χ3v) is 2.28. The maximum atomic E-state index is 5.62. The summed E-state index contributed by atoms with van der Waals surface area (Å²) < 4.78 is 4.95. The fraction of sp³-hybridized carbons (Fsp3) is 0.750. The number of hydrogen-bond acceptors (Lipinski definition) is 5. The number of hydrogen-bond donors (Lipinski definition) is 2. The second-order valence-corrected chi connectivity index (χ2v) is 3.47. The van der Waals surface area contributed by atoms with Gasteiger partial charge in [0.25, 0.3) is 0 Å². The highest BCUT2D eigenvalue weighted by atomic mass is 16.5. The molecule has 0 aliphatic heterocycles. The van der Waals surface area contributed by atoms with E-state index >= 15 is 0 Å². The van der Waals surface area contributed by atoms with E-state index in [1.807, 2.05) is 0 Å². The molecular formula is C8H14N4O. The molecule has 1 aliphatic carbocycles. The van der Waals surface area contributed by atoms with Crippen LogP contribution in [0.3, 0.4) is 0 Å². The number of nitrogens with zero attached hydrogens (tertiary/aromatic N) is 2. The molecular weight excluding hydrogens is 168 g/mol. The SMILES string of the molecule is Cc1noc(NC(CN)C2CC2)n1. The van der Waals surface area contributed by atoms with Crippen molar-refractivity contribution < 1.29 is 4.52 Å². The van der Waals surface area contributed by atoms with E-state index in [1.165, 1.54) is 12.8 Å². The maximum absolute atomic E-state index is 5.62. The molecule has 2 rings (SSSR count). The highest BCUT2D eigenvalue weighted by Gasteiger charge is 2.31. The minimum atomic E-state index is 0.292. The Balaban J connectivity index is 1.95. The molecule has 0 amide bonds. The summed E-state index contributed by atoms with van der Waals surface area (Å²) in [4.78, 5) is 4.06. The summed E-state index contributed by atoms with van der Waals surface area (Å²) in [6.07, 6.45) is 2.50. The Bertz CT molecular complexity index is 281. The summed E-state index contributed by atoms with van der Waals surface area (Å²) in [6.45, 7) is 2.41. The van der Waals surface area contributed by atoms with Gasteiger partial charge >= 0.3 is 6.01 Å². The molecule has 13 heavy (non-hydrogen) atoms. The third kappa shape index (κ3) is 1.98. The van der Waals surface area contributed by atoms with Crippen molar-refractivity contribution in [2.24, 2.45) is 11.7 Å². The minimum absolute atomic E-state index is 0.292. The van der Waals surface area contributed by atoms with Crippen LogP contribution in [-0.2, 0) is 0 Å². The van der Waals surface area contributed by atoms with Crippen molar-refractivity contribution in [3.8, 4) is 0 Å². The highest BCUT2D eigenvalue weighted by molar-refractivity contribution is 5.22. The first-order chi connectivity index (χ1) is 6.29. The molecule has 0 bridgehead atoms. The normalized spacial score (nSPS) is 18.6. The van der Waals surface area contributed by atoms with Crippen LogP contribution in [0.2, 0.25) is 0 Å². The van der Waals surface area contributed by atoms with Gasteiger partial charge in [-0.25, -0.2) is 0 Å². The maximum Gasteiger partial charge on any atom is 0.321 e. The summed E-state index contributed by atoms with van der Waals surface area (Å²) >= 11 is 0. The van der Waals surface area contributed by atoms with E-state index < -0.39 is 0 Å². The molecule has 0 saturated heterocycles. The average Bonchev–Trinajstić information content (AvgIpc) is 2.87. The first-order valence-corrected chi connectivity index (χ1v) is 4.56. The van der Waals surface area contributed by atoms with Gasteiger partial charge in [0.2, 0.25) is 0 Å². The molecule has 3 N–H and O–H groups in total. The molecule has 5 nitrogen and oxygen atoms in total. The van der Waals surface area contributed by atoms with E-state index in [2.05, 4.69) is 15.5 Å². The quantitative estimate of drug-likeness (QED) is 0.710. The second kappa shape index (κ2) is 3.33. The smallest absolute Gasteiger partial charge is 0.321 e. The van der Waals surface area contributed by atoms with Crippen LogP contribution in [0.15, 0.2) is 4.52 Å². The van der Waals surface area contributed by atoms with Gasteiger partial charge in [-0.15, -0.1) is 0 Å². The zero-order valence-electron chi connectivity index (χ0n) is 7.66. The van der Waals surface area contributed by atoms with Crippen molar-refractivity contribution in [1.29, 1.82) is 0 Å². The van der Waals surface area contributed by atoms with Crippen LogP contribution in [0, 0.1) is 12.8 Å². The lowest BCUT2D eigenvalue weighted by Crippen LogP contribution is -2.30. The Labute approximate surface area is 76.7 Å². The van der Waals surface area contributed by atoms with E-state index in [1.54, 1.807) is 6.92 Å². The number of aryl methyl sites for hydroxylation is 1. The van der Waals surface area contributed by atoms with Crippen molar-refractivity contribution in [3.63, 3.8) is 0 Å². The standard InChI is InChI=1S/C8H14N4O/c1-5-10-8(13-12-5)11-7(4-9)6-2-3-6/h6-7H,2-4,9H2,1H3,(H,10,11,12). The lowest BCUT2D eigenvalue weighted by Gasteiger charge is -2.12. The Morgan fingerprint density at radius 2 is 2.46 bits per heavy atom. The largest absolute Gasteiger partial charge is 0.333 e. The molecule has 5 heteroatoms. The van der Waals surface area contributed by atoms with E-state index in [0.29, 0.717) is 30.3 Å². The van der Waals surface area contributed by atoms with Crippen molar-refractivity contribution in [2.45, 2.75) is 25.8 Å². The fourth-order valence-corrected chi connectivity index (χ4v) is 1.38. The van der Waals surface area contributed by atoms with Crippen LogP contribution in [0.1, 0.15) is 18.7 Å². The van der Waals surface area contributed by atoms with Gasteiger partial charge in [-0.1, -0.05) is 5.16 Å². The van der Waals surface area contributed by atoms with Crippen LogP contribution in [0.5, 0.6) is 0 Å². The molecule has 1 aromatic heterocycles. The van der Waals surface area contributed by atoms with Gasteiger partial charge < -0.3 is 15.6 Å². The van der Waals surface area contributed by atoms with Crippen molar-refractivity contribution in [3.05, 3.63) is 5.82 Å².